The first-order chi connectivity index (χ1) is 17.2. The Morgan fingerprint density at radius 1 is 0.972 bits per heavy atom. The topological polar surface area (TPSA) is 86.8 Å². The molecular formula is C27H30ClN3O4S. The minimum atomic E-state index is -4.07. The largest absolute Gasteiger partial charge is 0.357 e. The SMILES string of the molecule is CC[C@H](C(=O)NC)N(Cc1ccc(Cl)cc1)C(=O)CN(c1cccc(C)c1)S(=O)(=O)c1ccccc1. The molecule has 1 N–H and O–H groups in total. The maximum Gasteiger partial charge on any atom is 0.264 e. The second kappa shape index (κ2) is 12.1. The van der Waals surface area contributed by atoms with E-state index in [9.17, 15) is 18.0 Å². The number of sulfonamides is 1. The smallest absolute Gasteiger partial charge is 0.264 e. The normalized spacial score (nSPS) is 12.0. The molecule has 0 aliphatic carbocycles. The number of halogens is 1. The average molecular weight is 528 g/mol. The average Bonchev–Trinajstić information content (AvgIpc) is 2.88. The lowest BCUT2D eigenvalue weighted by atomic mass is 10.1. The summed E-state index contributed by atoms with van der Waals surface area (Å²) in [6.07, 6.45) is 0.356. The molecule has 0 spiro atoms. The van der Waals surface area contributed by atoms with Crippen LogP contribution in [0, 0.1) is 6.92 Å². The molecule has 1 atom stereocenters. The summed E-state index contributed by atoms with van der Waals surface area (Å²) in [6, 6.07) is 21.1. The highest BCUT2D eigenvalue weighted by atomic mass is 35.5. The van der Waals surface area contributed by atoms with Gasteiger partial charge >= 0.3 is 0 Å². The Hall–Kier alpha value is -3.36. The van der Waals surface area contributed by atoms with Crippen LogP contribution < -0.4 is 9.62 Å². The molecule has 0 radical (unpaired) electrons. The van der Waals surface area contributed by atoms with Crippen LogP contribution in [0.15, 0.2) is 83.8 Å². The summed E-state index contributed by atoms with van der Waals surface area (Å²) in [5.41, 5.74) is 1.98. The van der Waals surface area contributed by atoms with E-state index in [4.69, 9.17) is 11.6 Å². The van der Waals surface area contributed by atoms with Gasteiger partial charge in [-0.2, -0.15) is 0 Å². The lowest BCUT2D eigenvalue weighted by molar-refractivity contribution is -0.140. The monoisotopic (exact) mass is 527 g/mol. The third kappa shape index (κ3) is 6.44. The second-order valence-corrected chi connectivity index (χ2v) is 10.6. The number of nitrogens with one attached hydrogen (secondary N) is 1. The fourth-order valence-corrected chi connectivity index (χ4v) is 5.46. The molecule has 0 bridgehead atoms. The van der Waals surface area contributed by atoms with Gasteiger partial charge in [-0.1, -0.05) is 61.0 Å². The predicted molar refractivity (Wildman–Crippen MR) is 142 cm³/mol. The summed E-state index contributed by atoms with van der Waals surface area (Å²) >= 11 is 6.01. The Morgan fingerprint density at radius 3 is 2.22 bits per heavy atom. The molecule has 3 aromatic rings. The number of hydrogen-bond donors (Lipinski definition) is 1. The molecule has 36 heavy (non-hydrogen) atoms. The molecule has 0 unspecified atom stereocenters. The van der Waals surface area contributed by atoms with E-state index in [1.54, 1.807) is 67.6 Å². The van der Waals surface area contributed by atoms with E-state index in [-0.39, 0.29) is 17.3 Å². The zero-order valence-corrected chi connectivity index (χ0v) is 22.1. The Bertz CT molecular complexity index is 1300. The number of nitrogens with zero attached hydrogens (tertiary/aromatic N) is 2. The quantitative estimate of drug-likeness (QED) is 0.423. The van der Waals surface area contributed by atoms with Crippen molar-refractivity contribution >= 4 is 39.1 Å². The van der Waals surface area contributed by atoms with E-state index >= 15 is 0 Å². The van der Waals surface area contributed by atoms with E-state index in [1.807, 2.05) is 13.0 Å². The first-order valence-corrected chi connectivity index (χ1v) is 13.4. The van der Waals surface area contributed by atoms with Crippen LogP contribution in [0.2, 0.25) is 5.02 Å². The zero-order chi connectivity index (χ0) is 26.3. The number of anilines is 1. The molecule has 0 aliphatic heterocycles. The van der Waals surface area contributed by atoms with E-state index in [1.165, 1.54) is 24.1 Å². The third-order valence-corrected chi connectivity index (χ3v) is 7.84. The van der Waals surface area contributed by atoms with Gasteiger partial charge in [-0.05, 0) is 60.9 Å². The Morgan fingerprint density at radius 2 is 1.64 bits per heavy atom. The molecule has 3 aromatic carbocycles. The summed E-state index contributed by atoms with van der Waals surface area (Å²) in [5.74, 6) is -0.825. The number of hydrogen-bond acceptors (Lipinski definition) is 4. The number of carbonyl (C=O) groups is 2. The summed E-state index contributed by atoms with van der Waals surface area (Å²) in [4.78, 5) is 28.0. The van der Waals surface area contributed by atoms with Crippen molar-refractivity contribution in [2.45, 2.75) is 37.8 Å². The van der Waals surface area contributed by atoms with Gasteiger partial charge in [-0.25, -0.2) is 8.42 Å². The molecule has 0 saturated heterocycles. The van der Waals surface area contributed by atoms with Gasteiger partial charge in [0.25, 0.3) is 10.0 Å². The first kappa shape index (κ1) is 27.2. The van der Waals surface area contributed by atoms with Crippen LogP contribution in [-0.2, 0) is 26.2 Å². The number of amides is 2. The lowest BCUT2D eigenvalue weighted by Crippen LogP contribution is -2.51. The minimum absolute atomic E-state index is 0.0712. The standard InChI is InChI=1S/C27H30ClN3O4S/c1-4-25(27(33)29-3)30(18-21-13-15-22(28)16-14-21)26(32)19-31(23-10-8-9-20(2)17-23)36(34,35)24-11-6-5-7-12-24/h5-17,25H,4,18-19H2,1-3H3,(H,29,33)/t25-/m1/s1. The highest BCUT2D eigenvalue weighted by molar-refractivity contribution is 7.92. The van der Waals surface area contributed by atoms with Crippen molar-refractivity contribution < 1.29 is 18.0 Å². The predicted octanol–water partition coefficient (Wildman–Crippen LogP) is 4.40. The number of aryl methyl sites for hydroxylation is 1. The van der Waals surface area contributed by atoms with Crippen LogP contribution in [-0.4, -0.2) is 44.8 Å². The Kier molecular flexibility index (Phi) is 9.12. The molecule has 2 amide bonds. The molecular weight excluding hydrogens is 498 g/mol. The van der Waals surface area contributed by atoms with Crippen molar-refractivity contribution in [3.63, 3.8) is 0 Å². The lowest BCUT2D eigenvalue weighted by Gasteiger charge is -2.33. The van der Waals surface area contributed by atoms with Gasteiger partial charge in [0.2, 0.25) is 11.8 Å². The number of carbonyl (C=O) groups excluding carboxylic acids is 2. The van der Waals surface area contributed by atoms with E-state index in [2.05, 4.69) is 5.32 Å². The highest BCUT2D eigenvalue weighted by Crippen LogP contribution is 2.25. The summed E-state index contributed by atoms with van der Waals surface area (Å²) in [5, 5.41) is 3.16. The minimum Gasteiger partial charge on any atom is -0.357 e. The van der Waals surface area contributed by atoms with Crippen molar-refractivity contribution in [2.75, 3.05) is 17.9 Å². The molecule has 0 aromatic heterocycles. The maximum absolute atomic E-state index is 13.8. The van der Waals surface area contributed by atoms with Crippen LogP contribution in [0.1, 0.15) is 24.5 Å². The number of likely N-dealkylation sites (N-methyl/N-ethyl adjacent to an activating group) is 1. The number of benzene rings is 3. The van der Waals surface area contributed by atoms with Crippen molar-refractivity contribution in [1.29, 1.82) is 0 Å². The van der Waals surface area contributed by atoms with Gasteiger partial charge in [-0.15, -0.1) is 0 Å². The zero-order valence-electron chi connectivity index (χ0n) is 20.5. The van der Waals surface area contributed by atoms with E-state index in [0.29, 0.717) is 17.1 Å². The summed E-state index contributed by atoms with van der Waals surface area (Å²) in [7, 11) is -2.56. The van der Waals surface area contributed by atoms with Crippen LogP contribution >= 0.6 is 11.6 Å². The molecule has 9 heteroatoms. The van der Waals surface area contributed by atoms with Gasteiger partial charge in [0.05, 0.1) is 10.6 Å². The summed E-state index contributed by atoms with van der Waals surface area (Å²) < 4.78 is 28.5. The first-order valence-electron chi connectivity index (χ1n) is 11.6. The van der Waals surface area contributed by atoms with Crippen LogP contribution in [0.4, 0.5) is 5.69 Å². The van der Waals surface area contributed by atoms with Gasteiger partial charge in [0.1, 0.15) is 12.6 Å². The Balaban J connectivity index is 2.04. The second-order valence-electron chi connectivity index (χ2n) is 8.35. The van der Waals surface area contributed by atoms with Gasteiger partial charge in [-0.3, -0.25) is 13.9 Å². The van der Waals surface area contributed by atoms with Crippen LogP contribution in [0.3, 0.4) is 0 Å². The van der Waals surface area contributed by atoms with Crippen molar-refractivity contribution in [1.82, 2.24) is 10.2 Å². The highest BCUT2D eigenvalue weighted by Gasteiger charge is 2.33. The van der Waals surface area contributed by atoms with Crippen LogP contribution in [0.25, 0.3) is 0 Å². The molecule has 190 valence electrons. The van der Waals surface area contributed by atoms with Gasteiger partial charge in [0, 0.05) is 18.6 Å². The maximum atomic E-state index is 13.8. The van der Waals surface area contributed by atoms with Crippen LogP contribution in [0.5, 0.6) is 0 Å². The van der Waals surface area contributed by atoms with Gasteiger partial charge < -0.3 is 10.2 Å². The van der Waals surface area contributed by atoms with Crippen molar-refractivity contribution in [3.8, 4) is 0 Å². The fourth-order valence-electron chi connectivity index (χ4n) is 3.90. The van der Waals surface area contributed by atoms with E-state index < -0.39 is 28.5 Å². The molecule has 0 fully saturated rings. The molecule has 0 heterocycles. The molecule has 0 aliphatic rings. The van der Waals surface area contributed by atoms with Crippen molar-refractivity contribution in [3.05, 3.63) is 95.0 Å². The molecule has 0 saturated carbocycles. The summed E-state index contributed by atoms with van der Waals surface area (Å²) in [6.45, 7) is 3.31. The third-order valence-electron chi connectivity index (χ3n) is 5.80. The van der Waals surface area contributed by atoms with E-state index in [0.717, 1.165) is 15.4 Å². The van der Waals surface area contributed by atoms with Crippen molar-refractivity contribution in [2.24, 2.45) is 0 Å². The number of rotatable bonds is 10. The molecule has 3 rings (SSSR count). The molecule has 7 nitrogen and oxygen atoms in total. The Labute approximate surface area is 217 Å². The van der Waals surface area contributed by atoms with Gasteiger partial charge in [0.15, 0.2) is 0 Å². The fraction of sp³-hybridized carbons (Fsp3) is 0.259.